The molecule has 5 nitrogen and oxygen atoms in total. The summed E-state index contributed by atoms with van der Waals surface area (Å²) in [6, 6.07) is 9.84. The molecular formula is C15H18N4O. The molecule has 2 heterocycles. The highest BCUT2D eigenvalue weighted by Gasteiger charge is 2.27. The number of aromatic amines is 1. The van der Waals surface area contributed by atoms with Gasteiger partial charge in [-0.2, -0.15) is 0 Å². The number of rotatable bonds is 3. The summed E-state index contributed by atoms with van der Waals surface area (Å²) in [4.78, 5) is 21.6. The Morgan fingerprint density at radius 2 is 2.20 bits per heavy atom. The van der Waals surface area contributed by atoms with Crippen molar-refractivity contribution in [3.63, 3.8) is 0 Å². The Morgan fingerprint density at radius 1 is 1.40 bits per heavy atom. The van der Waals surface area contributed by atoms with Crippen LogP contribution < -0.4 is 5.32 Å². The van der Waals surface area contributed by atoms with Gasteiger partial charge in [0, 0.05) is 26.6 Å². The van der Waals surface area contributed by atoms with E-state index < -0.39 is 0 Å². The van der Waals surface area contributed by atoms with Crippen molar-refractivity contribution in [1.82, 2.24) is 20.2 Å². The van der Waals surface area contributed by atoms with Gasteiger partial charge in [-0.1, -0.05) is 30.3 Å². The van der Waals surface area contributed by atoms with Crippen LogP contribution in [-0.4, -0.2) is 33.9 Å². The molecule has 0 unspecified atom stereocenters. The lowest BCUT2D eigenvalue weighted by Crippen LogP contribution is -2.48. The van der Waals surface area contributed by atoms with Crippen molar-refractivity contribution in [3.8, 4) is 0 Å². The molecule has 2 aromatic rings. The molecule has 104 valence electrons. The molecule has 0 fully saturated rings. The van der Waals surface area contributed by atoms with Crippen LogP contribution >= 0.6 is 0 Å². The second-order valence-electron chi connectivity index (χ2n) is 5.15. The van der Waals surface area contributed by atoms with E-state index in [1.54, 1.807) is 11.2 Å². The lowest BCUT2D eigenvalue weighted by molar-refractivity contribution is -0.132. The SMILES string of the molecule is CN(Cc1ccccc1)C(=O)[C@@H]1Cc2nc[nH]c2CN1. The molecule has 2 N–H and O–H groups in total. The number of carbonyl (C=O) groups is 1. The highest BCUT2D eigenvalue weighted by Crippen LogP contribution is 2.14. The van der Waals surface area contributed by atoms with Gasteiger partial charge in [0.1, 0.15) is 0 Å². The van der Waals surface area contributed by atoms with Gasteiger partial charge in [0.15, 0.2) is 0 Å². The third kappa shape index (κ3) is 2.58. The van der Waals surface area contributed by atoms with Crippen molar-refractivity contribution in [2.45, 2.75) is 25.6 Å². The van der Waals surface area contributed by atoms with Gasteiger partial charge in [-0.3, -0.25) is 10.1 Å². The Bertz CT molecular complexity index is 593. The number of imidazole rings is 1. The summed E-state index contributed by atoms with van der Waals surface area (Å²) in [6.45, 7) is 1.30. The highest BCUT2D eigenvalue weighted by atomic mass is 16.2. The third-order valence-corrected chi connectivity index (χ3v) is 3.67. The number of nitrogens with one attached hydrogen (secondary N) is 2. The number of hydrogen-bond acceptors (Lipinski definition) is 3. The minimum Gasteiger partial charge on any atom is -0.347 e. The molecule has 20 heavy (non-hydrogen) atoms. The van der Waals surface area contributed by atoms with Crippen molar-refractivity contribution in [2.24, 2.45) is 0 Å². The van der Waals surface area contributed by atoms with Gasteiger partial charge in [-0.15, -0.1) is 0 Å². The molecule has 3 rings (SSSR count). The second kappa shape index (κ2) is 5.46. The molecule has 1 aromatic heterocycles. The van der Waals surface area contributed by atoms with Crippen LogP contribution in [0.2, 0.25) is 0 Å². The van der Waals surface area contributed by atoms with E-state index in [4.69, 9.17) is 0 Å². The summed E-state index contributed by atoms with van der Waals surface area (Å²) in [5, 5.41) is 3.27. The standard InChI is InChI=1S/C15H18N4O/c1-19(9-11-5-3-2-4-6-11)15(20)13-7-12-14(8-16-13)18-10-17-12/h2-6,10,13,16H,7-9H2,1H3,(H,17,18)/t13-/m0/s1. The number of nitrogens with zero attached hydrogens (tertiary/aromatic N) is 2. The number of aromatic nitrogens is 2. The zero-order chi connectivity index (χ0) is 13.9. The monoisotopic (exact) mass is 270 g/mol. The quantitative estimate of drug-likeness (QED) is 0.877. The van der Waals surface area contributed by atoms with E-state index in [-0.39, 0.29) is 11.9 Å². The fourth-order valence-corrected chi connectivity index (χ4v) is 2.54. The van der Waals surface area contributed by atoms with Crippen molar-refractivity contribution >= 4 is 5.91 Å². The van der Waals surface area contributed by atoms with E-state index >= 15 is 0 Å². The van der Waals surface area contributed by atoms with Crippen LogP contribution in [0.3, 0.4) is 0 Å². The highest BCUT2D eigenvalue weighted by molar-refractivity contribution is 5.82. The fourth-order valence-electron chi connectivity index (χ4n) is 2.54. The molecule has 1 atom stereocenters. The molecule has 0 saturated heterocycles. The van der Waals surface area contributed by atoms with E-state index in [0.29, 0.717) is 19.5 Å². The molecule has 0 aliphatic carbocycles. The van der Waals surface area contributed by atoms with Gasteiger partial charge < -0.3 is 9.88 Å². The maximum absolute atomic E-state index is 12.5. The number of benzene rings is 1. The van der Waals surface area contributed by atoms with Gasteiger partial charge in [0.25, 0.3) is 0 Å². The van der Waals surface area contributed by atoms with E-state index in [9.17, 15) is 4.79 Å². The first-order chi connectivity index (χ1) is 9.74. The zero-order valence-corrected chi connectivity index (χ0v) is 11.5. The number of amides is 1. The minimum absolute atomic E-state index is 0.113. The summed E-state index contributed by atoms with van der Waals surface area (Å²) >= 11 is 0. The molecule has 1 aliphatic rings. The summed E-state index contributed by atoms with van der Waals surface area (Å²) in [5.74, 6) is 0.113. The van der Waals surface area contributed by atoms with Crippen LogP contribution in [0.4, 0.5) is 0 Å². The summed E-state index contributed by atoms with van der Waals surface area (Å²) in [6.07, 6.45) is 2.34. The lowest BCUT2D eigenvalue weighted by Gasteiger charge is -2.27. The Kier molecular flexibility index (Phi) is 3.52. The molecule has 1 amide bonds. The summed E-state index contributed by atoms with van der Waals surface area (Å²) in [5.41, 5.74) is 3.22. The normalized spacial score (nSPS) is 17.6. The van der Waals surface area contributed by atoms with Crippen molar-refractivity contribution in [3.05, 3.63) is 53.6 Å². The molecule has 0 saturated carbocycles. The van der Waals surface area contributed by atoms with Crippen LogP contribution in [-0.2, 0) is 24.3 Å². The number of carbonyl (C=O) groups excluding carboxylic acids is 1. The lowest BCUT2D eigenvalue weighted by atomic mass is 10.0. The van der Waals surface area contributed by atoms with E-state index in [2.05, 4.69) is 15.3 Å². The number of hydrogen-bond donors (Lipinski definition) is 2. The smallest absolute Gasteiger partial charge is 0.240 e. The summed E-state index contributed by atoms with van der Waals surface area (Å²) in [7, 11) is 1.84. The van der Waals surface area contributed by atoms with Gasteiger partial charge in [0.05, 0.1) is 23.8 Å². The van der Waals surface area contributed by atoms with Gasteiger partial charge in [-0.05, 0) is 5.56 Å². The maximum atomic E-state index is 12.5. The number of fused-ring (bicyclic) bond motifs is 1. The molecule has 1 aliphatic heterocycles. The maximum Gasteiger partial charge on any atom is 0.240 e. The van der Waals surface area contributed by atoms with Gasteiger partial charge in [0.2, 0.25) is 5.91 Å². The van der Waals surface area contributed by atoms with Crippen molar-refractivity contribution < 1.29 is 4.79 Å². The molecule has 0 radical (unpaired) electrons. The first-order valence-corrected chi connectivity index (χ1v) is 6.77. The van der Waals surface area contributed by atoms with Gasteiger partial charge >= 0.3 is 0 Å². The Morgan fingerprint density at radius 3 is 3.00 bits per heavy atom. The van der Waals surface area contributed by atoms with Crippen LogP contribution in [0.1, 0.15) is 17.0 Å². The van der Waals surface area contributed by atoms with E-state index in [0.717, 1.165) is 17.0 Å². The van der Waals surface area contributed by atoms with Crippen LogP contribution in [0.25, 0.3) is 0 Å². The predicted octanol–water partition coefficient (Wildman–Crippen LogP) is 1.08. The molecule has 5 heteroatoms. The first-order valence-electron chi connectivity index (χ1n) is 6.77. The van der Waals surface area contributed by atoms with E-state index in [1.807, 2.05) is 37.4 Å². The fraction of sp³-hybridized carbons (Fsp3) is 0.333. The Labute approximate surface area is 118 Å². The average molecular weight is 270 g/mol. The summed E-state index contributed by atoms with van der Waals surface area (Å²) < 4.78 is 0. The molecule has 0 bridgehead atoms. The minimum atomic E-state index is -0.181. The first kappa shape index (κ1) is 12.9. The van der Waals surface area contributed by atoms with Crippen molar-refractivity contribution in [1.29, 1.82) is 0 Å². The van der Waals surface area contributed by atoms with Crippen LogP contribution in [0.5, 0.6) is 0 Å². The zero-order valence-electron chi connectivity index (χ0n) is 11.5. The van der Waals surface area contributed by atoms with Crippen LogP contribution in [0.15, 0.2) is 36.7 Å². The predicted molar refractivity (Wildman–Crippen MR) is 75.8 cm³/mol. The number of likely N-dealkylation sites (N-methyl/N-ethyl adjacent to an activating group) is 1. The molecular weight excluding hydrogens is 252 g/mol. The largest absolute Gasteiger partial charge is 0.347 e. The van der Waals surface area contributed by atoms with Crippen molar-refractivity contribution in [2.75, 3.05) is 7.05 Å². The molecule has 0 spiro atoms. The average Bonchev–Trinajstić information content (AvgIpc) is 2.94. The third-order valence-electron chi connectivity index (χ3n) is 3.67. The topological polar surface area (TPSA) is 61.0 Å². The van der Waals surface area contributed by atoms with E-state index in [1.165, 1.54) is 0 Å². The molecule has 1 aromatic carbocycles. The number of H-pyrrole nitrogens is 1. The Balaban J connectivity index is 1.64. The second-order valence-corrected chi connectivity index (χ2v) is 5.15. The van der Waals surface area contributed by atoms with Crippen LogP contribution in [0, 0.1) is 0 Å². The van der Waals surface area contributed by atoms with Gasteiger partial charge in [-0.25, -0.2) is 4.98 Å². The Hall–Kier alpha value is -2.14.